The summed E-state index contributed by atoms with van der Waals surface area (Å²) >= 11 is 3.12. The Morgan fingerprint density at radius 2 is 2.23 bits per heavy atom. The van der Waals surface area contributed by atoms with Gasteiger partial charge >= 0.3 is 0 Å². The molecule has 1 unspecified atom stereocenters. The summed E-state index contributed by atoms with van der Waals surface area (Å²) in [6.07, 6.45) is 6.64. The Kier molecular flexibility index (Phi) is 5.61. The van der Waals surface area contributed by atoms with Crippen molar-refractivity contribution in [1.82, 2.24) is 15.3 Å². The number of hydrogen-bond acceptors (Lipinski definition) is 6. The number of fused-ring (bicyclic) bond motifs is 3. The molecule has 0 radical (unpaired) electrons. The van der Waals surface area contributed by atoms with Crippen LogP contribution in [0.3, 0.4) is 0 Å². The van der Waals surface area contributed by atoms with Crippen LogP contribution in [-0.4, -0.2) is 40.9 Å². The van der Waals surface area contributed by atoms with Gasteiger partial charge in [-0.15, -0.1) is 23.1 Å². The Morgan fingerprint density at radius 3 is 3.08 bits per heavy atom. The van der Waals surface area contributed by atoms with Crippen molar-refractivity contribution >= 4 is 39.2 Å². The van der Waals surface area contributed by atoms with Crippen molar-refractivity contribution in [2.45, 2.75) is 50.4 Å². The number of hydrogen-bond donors (Lipinski definition) is 2. The summed E-state index contributed by atoms with van der Waals surface area (Å²) in [4.78, 5) is 34.1. The summed E-state index contributed by atoms with van der Waals surface area (Å²) in [5.74, 6) is 1.54. The van der Waals surface area contributed by atoms with Gasteiger partial charge in [0.05, 0.1) is 23.0 Å². The molecule has 1 amide bonds. The number of ether oxygens (including phenoxy) is 1. The molecule has 2 N–H and O–H groups in total. The molecule has 2 aromatic heterocycles. The molecule has 1 fully saturated rings. The maximum atomic E-state index is 12.5. The number of amides is 1. The zero-order valence-electron chi connectivity index (χ0n) is 14.6. The van der Waals surface area contributed by atoms with E-state index < -0.39 is 0 Å². The van der Waals surface area contributed by atoms with Crippen LogP contribution in [0.2, 0.25) is 0 Å². The number of thiophene rings is 1. The van der Waals surface area contributed by atoms with Gasteiger partial charge in [0, 0.05) is 18.0 Å². The average Bonchev–Trinajstić information content (AvgIpc) is 3.27. The monoisotopic (exact) mass is 393 g/mol. The lowest BCUT2D eigenvalue weighted by Gasteiger charge is -2.10. The second kappa shape index (κ2) is 8.10. The lowest BCUT2D eigenvalue weighted by atomic mass is 9.97. The molecule has 3 heterocycles. The third-order valence-electron chi connectivity index (χ3n) is 4.90. The van der Waals surface area contributed by atoms with Crippen LogP contribution in [0.15, 0.2) is 4.79 Å². The molecule has 26 heavy (non-hydrogen) atoms. The number of aromatic nitrogens is 2. The molecule has 1 aliphatic carbocycles. The summed E-state index contributed by atoms with van der Waals surface area (Å²) in [6, 6.07) is 0. The number of aromatic amines is 1. The number of nitrogens with zero attached hydrogens (tertiary/aromatic N) is 1. The molecule has 6 nitrogen and oxygen atoms in total. The van der Waals surface area contributed by atoms with E-state index in [2.05, 4.69) is 15.3 Å². The predicted molar refractivity (Wildman–Crippen MR) is 105 cm³/mol. The third kappa shape index (κ3) is 3.97. The van der Waals surface area contributed by atoms with E-state index in [1.807, 2.05) is 0 Å². The summed E-state index contributed by atoms with van der Waals surface area (Å²) < 4.78 is 5.50. The van der Waals surface area contributed by atoms with Gasteiger partial charge in [-0.1, -0.05) is 0 Å². The third-order valence-corrected chi connectivity index (χ3v) is 7.03. The van der Waals surface area contributed by atoms with Gasteiger partial charge in [-0.25, -0.2) is 4.98 Å². The highest BCUT2D eigenvalue weighted by Gasteiger charge is 2.20. The van der Waals surface area contributed by atoms with Gasteiger partial charge in [0.2, 0.25) is 5.91 Å². The molecule has 2 aromatic rings. The molecular formula is C18H23N3O3S2. The molecule has 8 heteroatoms. The lowest BCUT2D eigenvalue weighted by molar-refractivity contribution is -0.119. The van der Waals surface area contributed by atoms with E-state index in [9.17, 15) is 9.59 Å². The summed E-state index contributed by atoms with van der Waals surface area (Å²) in [6.45, 7) is 1.38. The average molecular weight is 394 g/mol. The zero-order valence-corrected chi connectivity index (χ0v) is 16.3. The number of nitrogens with one attached hydrogen (secondary N) is 2. The fraction of sp³-hybridized carbons (Fsp3) is 0.611. The Balaban J connectivity index is 1.34. The zero-order chi connectivity index (χ0) is 17.9. The number of thioether (sulfide) groups is 1. The Hall–Kier alpha value is -1.38. The first-order chi connectivity index (χ1) is 12.7. The Bertz CT molecular complexity index is 855. The fourth-order valence-corrected chi connectivity index (χ4v) is 5.60. The van der Waals surface area contributed by atoms with Crippen LogP contribution < -0.4 is 10.9 Å². The highest BCUT2D eigenvalue weighted by atomic mass is 32.2. The first kappa shape index (κ1) is 18.0. The lowest BCUT2D eigenvalue weighted by Crippen LogP contribution is -2.32. The van der Waals surface area contributed by atoms with E-state index in [4.69, 9.17) is 4.74 Å². The molecule has 1 saturated heterocycles. The molecule has 1 atom stereocenters. The quantitative estimate of drug-likeness (QED) is 0.787. The minimum atomic E-state index is -0.0344. The van der Waals surface area contributed by atoms with Crippen molar-refractivity contribution < 1.29 is 9.53 Å². The van der Waals surface area contributed by atoms with Crippen LogP contribution in [0, 0.1) is 0 Å². The van der Waals surface area contributed by atoms with E-state index in [0.29, 0.717) is 23.9 Å². The minimum absolute atomic E-state index is 0.000475. The maximum Gasteiger partial charge on any atom is 0.259 e. The molecule has 2 aliphatic rings. The second-order valence-corrected chi connectivity index (χ2v) is 8.90. The van der Waals surface area contributed by atoms with Crippen molar-refractivity contribution in [2.24, 2.45) is 0 Å². The first-order valence-electron chi connectivity index (χ1n) is 9.20. The smallest absolute Gasteiger partial charge is 0.259 e. The van der Waals surface area contributed by atoms with E-state index in [0.717, 1.165) is 48.9 Å². The molecule has 1 aliphatic heterocycles. The van der Waals surface area contributed by atoms with Crippen LogP contribution in [0.4, 0.5) is 0 Å². The van der Waals surface area contributed by atoms with E-state index in [1.165, 1.54) is 28.6 Å². The molecule has 0 spiro atoms. The van der Waals surface area contributed by atoms with Gasteiger partial charge in [0.15, 0.2) is 0 Å². The topological polar surface area (TPSA) is 84.1 Å². The molecule has 4 rings (SSSR count). The number of rotatable bonds is 6. The summed E-state index contributed by atoms with van der Waals surface area (Å²) in [5.41, 5.74) is 1.17. The second-order valence-electron chi connectivity index (χ2n) is 6.84. The van der Waals surface area contributed by atoms with Gasteiger partial charge < -0.3 is 15.0 Å². The van der Waals surface area contributed by atoms with Crippen molar-refractivity contribution in [3.05, 3.63) is 26.6 Å². The van der Waals surface area contributed by atoms with Crippen molar-refractivity contribution in [2.75, 3.05) is 18.9 Å². The normalized spacial score (nSPS) is 19.6. The van der Waals surface area contributed by atoms with Gasteiger partial charge in [0.25, 0.3) is 5.56 Å². The van der Waals surface area contributed by atoms with Crippen LogP contribution in [0.1, 0.15) is 41.9 Å². The fourth-order valence-electron chi connectivity index (χ4n) is 3.60. The van der Waals surface area contributed by atoms with Crippen molar-refractivity contribution in [1.29, 1.82) is 0 Å². The standard InChI is InChI=1S/C18H23N3O3S2/c22-15(19-8-11-4-3-7-24-11)10-25-9-14-20-17(23)16-12-5-1-2-6-13(12)26-18(16)21-14/h11H,1-10H2,(H,19,22)(H,20,21,23). The summed E-state index contributed by atoms with van der Waals surface area (Å²) in [5, 5.41) is 3.69. The SMILES string of the molecule is O=C(CSCc1nc2sc3c(c2c(=O)[nH]1)CCCC3)NCC1CCCO1. The van der Waals surface area contributed by atoms with Gasteiger partial charge in [-0.05, 0) is 44.1 Å². The number of aryl methyl sites for hydroxylation is 2. The maximum absolute atomic E-state index is 12.5. The number of carbonyl (C=O) groups is 1. The highest BCUT2D eigenvalue weighted by Crippen LogP contribution is 2.33. The minimum Gasteiger partial charge on any atom is -0.376 e. The van der Waals surface area contributed by atoms with E-state index in [-0.39, 0.29) is 17.6 Å². The molecule has 140 valence electrons. The summed E-state index contributed by atoms with van der Waals surface area (Å²) in [7, 11) is 0. The van der Waals surface area contributed by atoms with Crippen LogP contribution in [-0.2, 0) is 28.1 Å². The number of H-pyrrole nitrogens is 1. The van der Waals surface area contributed by atoms with Gasteiger partial charge in [-0.3, -0.25) is 9.59 Å². The highest BCUT2D eigenvalue weighted by molar-refractivity contribution is 7.99. The molecule has 0 bridgehead atoms. The largest absolute Gasteiger partial charge is 0.376 e. The Morgan fingerprint density at radius 1 is 1.35 bits per heavy atom. The Labute approximate surface area is 160 Å². The van der Waals surface area contributed by atoms with Crippen molar-refractivity contribution in [3.8, 4) is 0 Å². The van der Waals surface area contributed by atoms with Gasteiger partial charge in [-0.2, -0.15) is 0 Å². The van der Waals surface area contributed by atoms with Gasteiger partial charge in [0.1, 0.15) is 10.7 Å². The van der Waals surface area contributed by atoms with Crippen molar-refractivity contribution in [3.63, 3.8) is 0 Å². The van der Waals surface area contributed by atoms with E-state index >= 15 is 0 Å². The van der Waals surface area contributed by atoms with Crippen LogP contribution >= 0.6 is 23.1 Å². The van der Waals surface area contributed by atoms with E-state index in [1.54, 1.807) is 11.3 Å². The number of carbonyl (C=O) groups excluding carboxylic acids is 1. The molecular weight excluding hydrogens is 370 g/mol. The van der Waals surface area contributed by atoms with Crippen LogP contribution in [0.25, 0.3) is 10.2 Å². The predicted octanol–water partition coefficient (Wildman–Crippen LogP) is 2.39. The first-order valence-corrected chi connectivity index (χ1v) is 11.2. The molecule has 0 aromatic carbocycles. The molecule has 0 saturated carbocycles. The van der Waals surface area contributed by atoms with Crippen LogP contribution in [0.5, 0.6) is 0 Å².